The van der Waals surface area contributed by atoms with Crippen LogP contribution in [0, 0.1) is 0 Å². The third-order valence-corrected chi connectivity index (χ3v) is 7.16. The smallest absolute Gasteiger partial charge is 0.416 e. The number of hydrogen-bond donors (Lipinski definition) is 2. The monoisotopic (exact) mass is 626 g/mol. The fourth-order valence-electron chi connectivity index (χ4n) is 4.98. The maximum Gasteiger partial charge on any atom is 0.416 e. The van der Waals surface area contributed by atoms with E-state index >= 15 is 0 Å². The molecule has 226 valence electrons. The van der Waals surface area contributed by atoms with Crippen molar-refractivity contribution in [3.8, 4) is 0 Å². The number of halogens is 10. The Morgan fingerprint density at radius 3 is 2.07 bits per heavy atom. The van der Waals surface area contributed by atoms with Gasteiger partial charge < -0.3 is 10.8 Å². The Kier molecular flexibility index (Phi) is 7.91. The van der Waals surface area contributed by atoms with E-state index in [0.717, 1.165) is 17.2 Å². The van der Waals surface area contributed by atoms with Crippen molar-refractivity contribution in [2.45, 2.75) is 56.3 Å². The van der Waals surface area contributed by atoms with Crippen molar-refractivity contribution in [3.63, 3.8) is 0 Å². The number of alkyl halides is 9. The molecule has 3 N–H and O–H groups in total. The molecule has 0 fully saturated rings. The number of benzene rings is 2. The highest BCUT2D eigenvalue weighted by Gasteiger charge is 2.47. The molecule has 16 heteroatoms. The molecular formula is C26H20ClF9N4O2. The number of amides is 1. The molecule has 42 heavy (non-hydrogen) atoms. The van der Waals surface area contributed by atoms with Gasteiger partial charge in [0.25, 0.3) is 0 Å². The van der Waals surface area contributed by atoms with Crippen molar-refractivity contribution in [1.82, 2.24) is 9.97 Å². The van der Waals surface area contributed by atoms with Crippen molar-refractivity contribution >= 4 is 23.4 Å². The van der Waals surface area contributed by atoms with Crippen LogP contribution in [0.2, 0.25) is 5.15 Å². The highest BCUT2D eigenvalue weighted by Crippen LogP contribution is 2.48. The first-order chi connectivity index (χ1) is 19.2. The largest absolute Gasteiger partial charge is 0.465 e. The van der Waals surface area contributed by atoms with Gasteiger partial charge in [0, 0.05) is 12.3 Å². The molecule has 1 aromatic heterocycles. The van der Waals surface area contributed by atoms with Crippen molar-refractivity contribution in [2.24, 2.45) is 5.73 Å². The van der Waals surface area contributed by atoms with Gasteiger partial charge in [-0.15, -0.1) is 0 Å². The molecule has 0 aliphatic carbocycles. The van der Waals surface area contributed by atoms with Crippen LogP contribution < -0.4 is 10.6 Å². The van der Waals surface area contributed by atoms with Gasteiger partial charge in [-0.1, -0.05) is 18.5 Å². The molecule has 0 saturated heterocycles. The molecule has 3 aromatic rings. The van der Waals surface area contributed by atoms with Crippen LogP contribution in [0.15, 0.2) is 42.6 Å². The van der Waals surface area contributed by atoms with E-state index in [0.29, 0.717) is 24.3 Å². The SMILES string of the molecule is CC[C@]1(N)C[C@H](c2nc(Cl)cnc2Cc2cc(C(F)(F)F)cc(C(F)(F)F)c2)c2cc(C(F)(F)F)ccc2N1C(=O)O. The van der Waals surface area contributed by atoms with E-state index < -0.39 is 64.9 Å². The summed E-state index contributed by atoms with van der Waals surface area (Å²) in [4.78, 5) is 21.1. The molecular weight excluding hydrogens is 607 g/mol. The van der Waals surface area contributed by atoms with Crippen molar-refractivity contribution in [2.75, 3.05) is 4.90 Å². The first-order valence-corrected chi connectivity index (χ1v) is 12.4. The van der Waals surface area contributed by atoms with Crippen molar-refractivity contribution < 1.29 is 49.4 Å². The molecule has 0 unspecified atom stereocenters. The first kappa shape index (κ1) is 31.3. The zero-order valence-electron chi connectivity index (χ0n) is 21.3. The Morgan fingerprint density at radius 2 is 1.57 bits per heavy atom. The maximum atomic E-state index is 13.7. The number of hydrogen-bond acceptors (Lipinski definition) is 4. The summed E-state index contributed by atoms with van der Waals surface area (Å²) in [5.41, 5.74) is -0.766. The summed E-state index contributed by atoms with van der Waals surface area (Å²) in [6, 6.07) is 3.24. The van der Waals surface area contributed by atoms with Gasteiger partial charge in [-0.2, -0.15) is 39.5 Å². The Bertz CT molecular complexity index is 1490. The predicted octanol–water partition coefficient (Wildman–Crippen LogP) is 7.86. The standard InChI is InChI=1S/C26H20ClF9N4O2/c1-2-23(37)10-17(16-9-13(24(28,29)30)3-4-19(16)40(23)22(41)42)21-18(38-11-20(27)39-21)7-12-5-14(25(31,32)33)8-15(6-12)26(34,35)36/h3-6,8-9,11,17H,2,7,10,37H2,1H3,(H,41,42)/t17-,23+/m0/s1. The second kappa shape index (κ2) is 10.6. The summed E-state index contributed by atoms with van der Waals surface area (Å²) in [6.45, 7) is 1.54. The van der Waals surface area contributed by atoms with Gasteiger partial charge in [0.2, 0.25) is 0 Å². The zero-order valence-corrected chi connectivity index (χ0v) is 22.1. The molecule has 4 rings (SSSR count). The van der Waals surface area contributed by atoms with Gasteiger partial charge in [0.05, 0.1) is 40.0 Å². The molecule has 2 atom stereocenters. The Balaban J connectivity index is 1.94. The molecule has 2 heterocycles. The summed E-state index contributed by atoms with van der Waals surface area (Å²) in [6.07, 6.45) is -16.7. The van der Waals surface area contributed by atoms with Gasteiger partial charge in [-0.25, -0.2) is 9.78 Å². The second-order valence-electron chi connectivity index (χ2n) is 9.72. The highest BCUT2D eigenvalue weighted by molar-refractivity contribution is 6.29. The van der Waals surface area contributed by atoms with E-state index in [4.69, 9.17) is 17.3 Å². The molecule has 1 aliphatic rings. The molecule has 1 aliphatic heterocycles. The summed E-state index contributed by atoms with van der Waals surface area (Å²) in [5.74, 6) is -1.23. The van der Waals surface area contributed by atoms with Crippen LogP contribution in [-0.4, -0.2) is 26.8 Å². The van der Waals surface area contributed by atoms with Gasteiger partial charge in [-0.3, -0.25) is 9.88 Å². The van der Waals surface area contributed by atoms with Gasteiger partial charge >= 0.3 is 24.6 Å². The molecule has 6 nitrogen and oxygen atoms in total. The fraction of sp³-hybridized carbons (Fsp3) is 0.346. The van der Waals surface area contributed by atoms with E-state index in [2.05, 4.69) is 9.97 Å². The Hall–Kier alpha value is -3.59. The topological polar surface area (TPSA) is 92.3 Å². The molecule has 0 radical (unpaired) electrons. The van der Waals surface area contributed by atoms with E-state index in [1.165, 1.54) is 6.92 Å². The van der Waals surface area contributed by atoms with E-state index in [9.17, 15) is 49.4 Å². The van der Waals surface area contributed by atoms with Gasteiger partial charge in [-0.05, 0) is 60.4 Å². The minimum Gasteiger partial charge on any atom is -0.465 e. The Labute approximate surface area is 236 Å². The zero-order chi connectivity index (χ0) is 31.4. The molecule has 2 aromatic carbocycles. The summed E-state index contributed by atoms with van der Waals surface area (Å²) in [7, 11) is 0. The van der Waals surface area contributed by atoms with E-state index in [1.54, 1.807) is 0 Å². The lowest BCUT2D eigenvalue weighted by Crippen LogP contribution is -2.61. The second-order valence-corrected chi connectivity index (χ2v) is 10.1. The molecule has 0 saturated carbocycles. The number of nitrogens with two attached hydrogens (primary N) is 1. The number of nitrogens with zero attached hydrogens (tertiary/aromatic N) is 3. The molecule has 0 bridgehead atoms. The fourth-order valence-corrected chi connectivity index (χ4v) is 5.12. The van der Waals surface area contributed by atoms with Crippen LogP contribution in [0.5, 0.6) is 0 Å². The highest BCUT2D eigenvalue weighted by atomic mass is 35.5. The quantitative estimate of drug-likeness (QED) is 0.288. The van der Waals surface area contributed by atoms with Gasteiger partial charge in [0.15, 0.2) is 0 Å². The molecule has 1 amide bonds. The average Bonchev–Trinajstić information content (AvgIpc) is 2.87. The number of rotatable bonds is 4. The number of fused-ring (bicyclic) bond motifs is 1. The lowest BCUT2D eigenvalue weighted by Gasteiger charge is -2.46. The first-order valence-electron chi connectivity index (χ1n) is 12.1. The molecule has 0 spiro atoms. The normalized spacial score (nSPS) is 19.5. The number of carbonyl (C=O) groups is 1. The van der Waals surface area contributed by atoms with Crippen LogP contribution in [0.1, 0.15) is 64.9 Å². The maximum absolute atomic E-state index is 13.7. The summed E-state index contributed by atoms with van der Waals surface area (Å²) < 4.78 is 122. The number of aromatic nitrogens is 2. The third kappa shape index (κ3) is 6.11. The number of anilines is 1. The van der Waals surface area contributed by atoms with Gasteiger partial charge in [0.1, 0.15) is 10.8 Å². The number of carboxylic acid groups (broad SMARTS) is 1. The van der Waals surface area contributed by atoms with Crippen LogP contribution in [0.3, 0.4) is 0 Å². The summed E-state index contributed by atoms with van der Waals surface area (Å²) in [5, 5.41) is 9.63. The van der Waals surface area contributed by atoms with E-state index in [1.807, 2.05) is 0 Å². The lowest BCUT2D eigenvalue weighted by atomic mass is 9.78. The minimum atomic E-state index is -5.12. The predicted molar refractivity (Wildman–Crippen MR) is 132 cm³/mol. The van der Waals surface area contributed by atoms with Crippen LogP contribution in [-0.2, 0) is 24.9 Å². The Morgan fingerprint density at radius 1 is 1.00 bits per heavy atom. The van der Waals surface area contributed by atoms with Crippen LogP contribution in [0.4, 0.5) is 50.0 Å². The minimum absolute atomic E-state index is 0.0256. The lowest BCUT2D eigenvalue weighted by molar-refractivity contribution is -0.143. The third-order valence-electron chi connectivity index (χ3n) is 6.98. The van der Waals surface area contributed by atoms with Crippen LogP contribution >= 0.6 is 11.6 Å². The average molecular weight is 627 g/mol. The summed E-state index contributed by atoms with van der Waals surface area (Å²) >= 11 is 6.04. The van der Waals surface area contributed by atoms with E-state index in [-0.39, 0.29) is 46.7 Å². The van der Waals surface area contributed by atoms with Crippen molar-refractivity contribution in [3.05, 3.63) is 87.0 Å². The van der Waals surface area contributed by atoms with Crippen LogP contribution in [0.25, 0.3) is 0 Å². The van der Waals surface area contributed by atoms with Crippen molar-refractivity contribution in [1.29, 1.82) is 0 Å².